The molecule has 0 unspecified atom stereocenters. The van der Waals surface area contributed by atoms with Crippen molar-refractivity contribution in [2.24, 2.45) is 0 Å². The van der Waals surface area contributed by atoms with Crippen molar-refractivity contribution in [1.29, 1.82) is 0 Å². The van der Waals surface area contributed by atoms with Crippen LogP contribution in [0.2, 0.25) is 5.02 Å². The second-order valence-electron chi connectivity index (χ2n) is 8.05. The Labute approximate surface area is 188 Å². The number of benzene rings is 3. The highest BCUT2D eigenvalue weighted by Crippen LogP contribution is 2.30. The summed E-state index contributed by atoms with van der Waals surface area (Å²) in [6, 6.07) is 18.8. The lowest BCUT2D eigenvalue weighted by atomic mass is 9.86. The van der Waals surface area contributed by atoms with Crippen LogP contribution in [-0.2, 0) is 11.2 Å². The minimum Gasteiger partial charge on any atom is -0.299 e. The molecular weight excluding hydrogens is 414 g/mol. The molecule has 31 heavy (non-hydrogen) atoms. The molecule has 0 aromatic heterocycles. The van der Waals surface area contributed by atoms with Crippen LogP contribution in [-0.4, -0.2) is 5.78 Å². The molecular formula is C27H27ClF2O. The van der Waals surface area contributed by atoms with Crippen LogP contribution in [0.3, 0.4) is 0 Å². The van der Waals surface area contributed by atoms with E-state index in [1.807, 2.05) is 25.1 Å². The standard InChI is InChI=1S/C27H27ClF2O/c1-19-7-8-20(18-27(19)28)17-25(31)5-3-2-4-6-26(21-9-13-23(29)14-10-21)22-11-15-24(30)16-12-22/h7-16,18,26H,2-6,17H2,1H3. The highest BCUT2D eigenvalue weighted by Gasteiger charge is 2.15. The zero-order chi connectivity index (χ0) is 22.2. The summed E-state index contributed by atoms with van der Waals surface area (Å²) in [4.78, 5) is 12.3. The van der Waals surface area contributed by atoms with Crippen LogP contribution in [0.15, 0.2) is 66.7 Å². The van der Waals surface area contributed by atoms with Gasteiger partial charge in [-0.15, -0.1) is 0 Å². The van der Waals surface area contributed by atoms with E-state index >= 15 is 0 Å². The number of Topliss-reactive ketones (excluding diaryl/α,β-unsaturated/α-hetero) is 1. The van der Waals surface area contributed by atoms with E-state index in [1.165, 1.54) is 24.3 Å². The molecule has 0 heterocycles. The lowest BCUT2D eigenvalue weighted by Gasteiger charge is -2.18. The number of carbonyl (C=O) groups is 1. The average molecular weight is 441 g/mol. The fourth-order valence-corrected chi connectivity index (χ4v) is 4.03. The first-order valence-electron chi connectivity index (χ1n) is 10.7. The number of ketones is 1. The molecule has 0 atom stereocenters. The Morgan fingerprint density at radius 2 is 1.42 bits per heavy atom. The van der Waals surface area contributed by atoms with Gasteiger partial charge in [0, 0.05) is 23.8 Å². The van der Waals surface area contributed by atoms with Crippen molar-refractivity contribution < 1.29 is 13.6 Å². The second-order valence-corrected chi connectivity index (χ2v) is 8.46. The Bertz CT molecular complexity index is 951. The van der Waals surface area contributed by atoms with Gasteiger partial charge in [-0.05, 0) is 72.4 Å². The molecule has 0 aliphatic rings. The van der Waals surface area contributed by atoms with Gasteiger partial charge in [0.1, 0.15) is 17.4 Å². The van der Waals surface area contributed by atoms with Crippen molar-refractivity contribution in [1.82, 2.24) is 0 Å². The third-order valence-electron chi connectivity index (χ3n) is 5.63. The van der Waals surface area contributed by atoms with Gasteiger partial charge in [0.2, 0.25) is 0 Å². The Kier molecular flexibility index (Phi) is 8.36. The molecule has 3 aromatic carbocycles. The Hall–Kier alpha value is -2.52. The summed E-state index contributed by atoms with van der Waals surface area (Å²) in [5.74, 6) is -0.245. The lowest BCUT2D eigenvalue weighted by Crippen LogP contribution is -2.04. The largest absolute Gasteiger partial charge is 0.299 e. The van der Waals surface area contributed by atoms with Gasteiger partial charge < -0.3 is 0 Å². The van der Waals surface area contributed by atoms with Crippen molar-refractivity contribution in [2.75, 3.05) is 0 Å². The summed E-state index contributed by atoms with van der Waals surface area (Å²) in [5.41, 5.74) is 3.99. The normalized spacial score (nSPS) is 11.1. The molecule has 0 radical (unpaired) electrons. The SMILES string of the molecule is Cc1ccc(CC(=O)CCCCCC(c2ccc(F)cc2)c2ccc(F)cc2)cc1Cl. The van der Waals surface area contributed by atoms with E-state index in [4.69, 9.17) is 11.6 Å². The van der Waals surface area contributed by atoms with Crippen LogP contribution in [0.1, 0.15) is 60.3 Å². The van der Waals surface area contributed by atoms with Crippen molar-refractivity contribution in [3.05, 3.63) is 106 Å². The topological polar surface area (TPSA) is 17.1 Å². The smallest absolute Gasteiger partial charge is 0.137 e. The van der Waals surface area contributed by atoms with Gasteiger partial charge >= 0.3 is 0 Å². The average Bonchev–Trinajstić information content (AvgIpc) is 2.75. The summed E-state index contributed by atoms with van der Waals surface area (Å²) in [5, 5.41) is 0.693. The van der Waals surface area contributed by atoms with Crippen molar-refractivity contribution >= 4 is 17.4 Å². The van der Waals surface area contributed by atoms with Gasteiger partial charge in [-0.3, -0.25) is 4.79 Å². The molecule has 3 aromatic rings. The minimum absolute atomic E-state index is 0.0756. The van der Waals surface area contributed by atoms with Gasteiger partial charge in [0.05, 0.1) is 0 Å². The van der Waals surface area contributed by atoms with Crippen LogP contribution in [0.25, 0.3) is 0 Å². The van der Waals surface area contributed by atoms with Crippen molar-refractivity contribution in [2.45, 2.75) is 51.4 Å². The predicted octanol–water partition coefficient (Wildman–Crippen LogP) is 7.82. The van der Waals surface area contributed by atoms with Gasteiger partial charge in [0.25, 0.3) is 0 Å². The van der Waals surface area contributed by atoms with Crippen LogP contribution < -0.4 is 0 Å². The molecule has 0 fully saturated rings. The maximum absolute atomic E-state index is 13.3. The minimum atomic E-state index is -0.269. The Balaban J connectivity index is 1.51. The molecule has 162 valence electrons. The molecule has 0 N–H and O–H groups in total. The monoisotopic (exact) mass is 440 g/mol. The highest BCUT2D eigenvalue weighted by molar-refractivity contribution is 6.31. The summed E-state index contributed by atoms with van der Waals surface area (Å²) < 4.78 is 26.7. The molecule has 0 saturated heterocycles. The van der Waals surface area contributed by atoms with Gasteiger partial charge in [-0.2, -0.15) is 0 Å². The molecule has 0 aliphatic heterocycles. The van der Waals surface area contributed by atoms with Gasteiger partial charge in [-0.25, -0.2) is 8.78 Å². The fraction of sp³-hybridized carbons (Fsp3) is 0.296. The third kappa shape index (κ3) is 7.00. The van der Waals surface area contributed by atoms with E-state index in [9.17, 15) is 13.6 Å². The number of halogens is 3. The van der Waals surface area contributed by atoms with Crippen molar-refractivity contribution in [3.63, 3.8) is 0 Å². The Morgan fingerprint density at radius 3 is 1.97 bits per heavy atom. The molecule has 0 amide bonds. The summed E-state index contributed by atoms with van der Waals surface area (Å²) >= 11 is 6.14. The molecule has 0 spiro atoms. The van der Waals surface area contributed by atoms with Gasteiger partial charge in [0.15, 0.2) is 0 Å². The molecule has 4 heteroatoms. The van der Waals surface area contributed by atoms with Crippen LogP contribution in [0.4, 0.5) is 8.78 Å². The first kappa shape index (κ1) is 23.1. The van der Waals surface area contributed by atoms with E-state index < -0.39 is 0 Å². The predicted molar refractivity (Wildman–Crippen MR) is 123 cm³/mol. The number of rotatable bonds is 10. The quantitative estimate of drug-likeness (QED) is 0.293. The number of carbonyl (C=O) groups excluding carboxylic acids is 1. The Morgan fingerprint density at radius 1 is 0.839 bits per heavy atom. The number of hydrogen-bond donors (Lipinski definition) is 0. The molecule has 3 rings (SSSR count). The van der Waals surface area contributed by atoms with Gasteiger partial charge in [-0.1, -0.05) is 60.8 Å². The first-order chi connectivity index (χ1) is 14.9. The van der Waals surface area contributed by atoms with Crippen molar-refractivity contribution in [3.8, 4) is 0 Å². The molecule has 0 bridgehead atoms. The van der Waals surface area contributed by atoms with E-state index in [-0.39, 0.29) is 23.3 Å². The lowest BCUT2D eigenvalue weighted by molar-refractivity contribution is -0.118. The summed E-state index contributed by atoms with van der Waals surface area (Å²) in [7, 11) is 0. The number of unbranched alkanes of at least 4 members (excludes halogenated alkanes) is 2. The molecule has 1 nitrogen and oxygen atoms in total. The van der Waals surface area contributed by atoms with E-state index in [2.05, 4.69) is 0 Å². The highest BCUT2D eigenvalue weighted by atomic mass is 35.5. The van der Waals surface area contributed by atoms with E-state index in [1.54, 1.807) is 24.3 Å². The van der Waals surface area contributed by atoms with Crippen LogP contribution in [0.5, 0.6) is 0 Å². The summed E-state index contributed by atoms with van der Waals surface area (Å²) in [6.45, 7) is 1.94. The van der Waals surface area contributed by atoms with E-state index in [0.717, 1.165) is 47.9 Å². The summed E-state index contributed by atoms with van der Waals surface area (Å²) in [6.07, 6.45) is 4.51. The number of aryl methyl sites for hydroxylation is 1. The number of hydrogen-bond acceptors (Lipinski definition) is 1. The second kappa shape index (κ2) is 11.2. The zero-order valence-corrected chi connectivity index (χ0v) is 18.5. The maximum atomic E-state index is 13.3. The first-order valence-corrected chi connectivity index (χ1v) is 11.1. The van der Waals surface area contributed by atoms with Crippen LogP contribution in [0, 0.1) is 18.6 Å². The van der Waals surface area contributed by atoms with Crippen LogP contribution >= 0.6 is 11.6 Å². The zero-order valence-electron chi connectivity index (χ0n) is 17.7. The molecule has 0 aliphatic carbocycles. The maximum Gasteiger partial charge on any atom is 0.137 e. The third-order valence-corrected chi connectivity index (χ3v) is 6.04. The van der Waals surface area contributed by atoms with E-state index in [0.29, 0.717) is 17.9 Å². The molecule has 0 saturated carbocycles. The fourth-order valence-electron chi connectivity index (χ4n) is 3.83.